The summed E-state index contributed by atoms with van der Waals surface area (Å²) in [5.74, 6) is 0.127. The smallest absolute Gasteiger partial charge is 0.224 e. The molecule has 0 saturated carbocycles. The summed E-state index contributed by atoms with van der Waals surface area (Å²) in [7, 11) is 0. The third kappa shape index (κ3) is 5.54. The Morgan fingerprint density at radius 1 is 1.12 bits per heavy atom. The van der Waals surface area contributed by atoms with Crippen molar-refractivity contribution in [3.05, 3.63) is 35.9 Å². The second-order valence-electron chi connectivity index (χ2n) is 4.07. The Balaban J connectivity index is 2.12. The lowest BCUT2D eigenvalue weighted by molar-refractivity contribution is -0.120. The molecule has 0 fully saturated rings. The third-order valence-corrected chi connectivity index (χ3v) is 2.56. The van der Waals surface area contributed by atoms with Crippen LogP contribution < -0.4 is 5.32 Å². The number of hydrogen-bond acceptors (Lipinski definition) is 1. The number of benzene rings is 1. The number of nitrogens with one attached hydrogen (secondary N) is 1. The lowest BCUT2D eigenvalue weighted by Crippen LogP contribution is -2.26. The zero-order valence-corrected chi connectivity index (χ0v) is 10.0. The minimum atomic E-state index is 0.127. The topological polar surface area (TPSA) is 29.1 Å². The van der Waals surface area contributed by atoms with E-state index in [9.17, 15) is 4.79 Å². The van der Waals surface area contributed by atoms with Gasteiger partial charge >= 0.3 is 0 Å². The van der Waals surface area contributed by atoms with Crippen molar-refractivity contribution in [3.63, 3.8) is 0 Å². The molecule has 0 atom stereocenters. The molecule has 0 aliphatic heterocycles. The Bertz CT molecular complexity index is 295. The molecule has 1 N–H and O–H groups in total. The molecule has 1 rings (SSSR count). The van der Waals surface area contributed by atoms with Crippen LogP contribution in [0.5, 0.6) is 0 Å². The molecule has 0 heterocycles. The summed E-state index contributed by atoms with van der Waals surface area (Å²) in [5, 5.41) is 2.95. The van der Waals surface area contributed by atoms with Crippen molar-refractivity contribution in [3.8, 4) is 0 Å². The summed E-state index contributed by atoms with van der Waals surface area (Å²) >= 11 is 0. The van der Waals surface area contributed by atoms with Gasteiger partial charge in [-0.2, -0.15) is 0 Å². The summed E-state index contributed by atoms with van der Waals surface area (Å²) < 4.78 is 0. The number of rotatable bonds is 7. The molecule has 2 heteroatoms. The predicted octanol–water partition coefficient (Wildman–Crippen LogP) is 2.93. The van der Waals surface area contributed by atoms with Crippen molar-refractivity contribution in [2.75, 3.05) is 6.54 Å². The predicted molar refractivity (Wildman–Crippen MR) is 67.3 cm³/mol. The summed E-state index contributed by atoms with van der Waals surface area (Å²) in [6.45, 7) is 3.00. The lowest BCUT2D eigenvalue weighted by Gasteiger charge is -2.04. The van der Waals surface area contributed by atoms with Crippen molar-refractivity contribution in [1.29, 1.82) is 0 Å². The zero-order valence-electron chi connectivity index (χ0n) is 10.0. The number of hydrogen-bond donors (Lipinski definition) is 1. The summed E-state index contributed by atoms with van der Waals surface area (Å²) in [6, 6.07) is 9.85. The van der Waals surface area contributed by atoms with Gasteiger partial charge in [0, 0.05) is 6.54 Å². The van der Waals surface area contributed by atoms with Gasteiger partial charge in [-0.3, -0.25) is 4.79 Å². The van der Waals surface area contributed by atoms with Crippen LogP contribution in [0.25, 0.3) is 0 Å². The first kappa shape index (κ1) is 12.8. The molecule has 0 unspecified atom stereocenters. The largest absolute Gasteiger partial charge is 0.356 e. The molecule has 88 valence electrons. The fourth-order valence-electron chi connectivity index (χ4n) is 1.62. The van der Waals surface area contributed by atoms with Crippen LogP contribution in [0.4, 0.5) is 0 Å². The minimum absolute atomic E-state index is 0.127. The molecule has 0 aliphatic rings. The van der Waals surface area contributed by atoms with Crippen LogP contribution in [-0.2, 0) is 11.2 Å². The summed E-state index contributed by atoms with van der Waals surface area (Å²) in [6.07, 6.45) is 5.29. The van der Waals surface area contributed by atoms with Gasteiger partial charge in [0.2, 0.25) is 5.91 Å². The molecule has 0 bridgehead atoms. The normalized spacial score (nSPS) is 10.1. The first-order valence-electron chi connectivity index (χ1n) is 6.13. The van der Waals surface area contributed by atoms with Crippen LogP contribution in [0.1, 0.15) is 38.2 Å². The van der Waals surface area contributed by atoms with Crippen molar-refractivity contribution in [2.45, 2.75) is 39.0 Å². The Kier molecular flexibility index (Phi) is 6.31. The van der Waals surface area contributed by atoms with Crippen LogP contribution in [0, 0.1) is 0 Å². The van der Waals surface area contributed by atoms with Crippen LogP contribution in [0.3, 0.4) is 0 Å². The number of carbonyl (C=O) groups is 1. The molecule has 1 aromatic rings. The number of amides is 1. The molecule has 1 amide bonds. The molecule has 1 aromatic carbocycles. The van der Waals surface area contributed by atoms with E-state index in [0.29, 0.717) is 6.42 Å². The lowest BCUT2D eigenvalue weighted by atomic mass is 10.1. The van der Waals surface area contributed by atoms with Gasteiger partial charge in [0.05, 0.1) is 6.42 Å². The van der Waals surface area contributed by atoms with Crippen LogP contribution in [0.2, 0.25) is 0 Å². The van der Waals surface area contributed by atoms with E-state index in [1.807, 2.05) is 30.3 Å². The highest BCUT2D eigenvalue weighted by Crippen LogP contribution is 2.00. The molecule has 16 heavy (non-hydrogen) atoms. The van der Waals surface area contributed by atoms with Gasteiger partial charge in [0.1, 0.15) is 0 Å². The maximum absolute atomic E-state index is 11.5. The quantitative estimate of drug-likeness (QED) is 0.702. The van der Waals surface area contributed by atoms with Gasteiger partial charge in [-0.05, 0) is 12.0 Å². The molecule has 0 saturated heterocycles. The molecule has 0 aromatic heterocycles. The first-order valence-corrected chi connectivity index (χ1v) is 6.13. The third-order valence-electron chi connectivity index (χ3n) is 2.56. The standard InChI is InChI=1S/C14H21NO/c1-2-3-4-8-11-15-14(16)12-13-9-6-5-7-10-13/h5-7,9-10H,2-4,8,11-12H2,1H3,(H,15,16). The van der Waals surface area contributed by atoms with E-state index in [4.69, 9.17) is 0 Å². The second-order valence-corrected chi connectivity index (χ2v) is 4.07. The molecule has 0 aliphatic carbocycles. The van der Waals surface area contributed by atoms with Gasteiger partial charge in [0.25, 0.3) is 0 Å². The Labute approximate surface area is 98.1 Å². The van der Waals surface area contributed by atoms with Crippen molar-refractivity contribution in [2.24, 2.45) is 0 Å². The maximum atomic E-state index is 11.5. The Morgan fingerprint density at radius 3 is 2.56 bits per heavy atom. The zero-order chi connectivity index (χ0) is 11.6. The van der Waals surface area contributed by atoms with E-state index in [1.165, 1.54) is 19.3 Å². The van der Waals surface area contributed by atoms with E-state index in [-0.39, 0.29) is 5.91 Å². The van der Waals surface area contributed by atoms with Crippen molar-refractivity contribution < 1.29 is 4.79 Å². The highest BCUT2D eigenvalue weighted by molar-refractivity contribution is 5.78. The fourth-order valence-corrected chi connectivity index (χ4v) is 1.62. The fraction of sp³-hybridized carbons (Fsp3) is 0.500. The van der Waals surface area contributed by atoms with Gasteiger partial charge in [-0.15, -0.1) is 0 Å². The SMILES string of the molecule is CCCCCCNC(=O)Cc1ccccc1. The molecular formula is C14H21NO. The van der Waals surface area contributed by atoms with E-state index >= 15 is 0 Å². The Hall–Kier alpha value is -1.31. The average molecular weight is 219 g/mol. The van der Waals surface area contributed by atoms with E-state index in [0.717, 1.165) is 18.5 Å². The van der Waals surface area contributed by atoms with Crippen LogP contribution >= 0.6 is 0 Å². The first-order chi connectivity index (χ1) is 7.83. The molecular weight excluding hydrogens is 198 g/mol. The van der Waals surface area contributed by atoms with Crippen LogP contribution in [-0.4, -0.2) is 12.5 Å². The van der Waals surface area contributed by atoms with Gasteiger partial charge in [-0.25, -0.2) is 0 Å². The summed E-state index contributed by atoms with van der Waals surface area (Å²) in [4.78, 5) is 11.5. The number of unbranched alkanes of at least 4 members (excludes halogenated alkanes) is 3. The second kappa shape index (κ2) is 7.91. The van der Waals surface area contributed by atoms with E-state index in [2.05, 4.69) is 12.2 Å². The van der Waals surface area contributed by atoms with Crippen molar-refractivity contribution >= 4 is 5.91 Å². The monoisotopic (exact) mass is 219 g/mol. The highest BCUT2D eigenvalue weighted by atomic mass is 16.1. The molecule has 0 spiro atoms. The maximum Gasteiger partial charge on any atom is 0.224 e. The van der Waals surface area contributed by atoms with E-state index in [1.54, 1.807) is 0 Å². The molecule has 2 nitrogen and oxygen atoms in total. The summed E-state index contributed by atoms with van der Waals surface area (Å²) in [5.41, 5.74) is 1.08. The Morgan fingerprint density at radius 2 is 1.88 bits per heavy atom. The van der Waals surface area contributed by atoms with Crippen molar-refractivity contribution in [1.82, 2.24) is 5.32 Å². The number of carbonyl (C=O) groups excluding carboxylic acids is 1. The van der Waals surface area contributed by atoms with Gasteiger partial charge in [-0.1, -0.05) is 56.5 Å². The minimum Gasteiger partial charge on any atom is -0.356 e. The average Bonchev–Trinajstić information content (AvgIpc) is 2.30. The van der Waals surface area contributed by atoms with Gasteiger partial charge in [0.15, 0.2) is 0 Å². The van der Waals surface area contributed by atoms with Gasteiger partial charge < -0.3 is 5.32 Å². The van der Waals surface area contributed by atoms with Crippen LogP contribution in [0.15, 0.2) is 30.3 Å². The molecule has 0 radical (unpaired) electrons. The highest BCUT2D eigenvalue weighted by Gasteiger charge is 2.01. The van der Waals surface area contributed by atoms with E-state index < -0.39 is 0 Å².